The molecule has 1 aliphatic heterocycles. The number of halogens is 2. The Morgan fingerprint density at radius 3 is 2.87 bits per heavy atom. The number of piperidine rings is 1. The monoisotopic (exact) mass is 477 g/mol. The second-order valence-electron chi connectivity index (χ2n) is 8.08. The quantitative estimate of drug-likeness (QED) is 0.509. The van der Waals surface area contributed by atoms with Crippen molar-refractivity contribution in [3.05, 3.63) is 62.3 Å². The highest BCUT2D eigenvalue weighted by molar-refractivity contribution is 7.14. The lowest BCUT2D eigenvalue weighted by molar-refractivity contribution is 0.102. The van der Waals surface area contributed by atoms with Gasteiger partial charge in [0.05, 0.1) is 23.5 Å². The van der Waals surface area contributed by atoms with Gasteiger partial charge in [0.25, 0.3) is 5.91 Å². The maximum absolute atomic E-state index is 12.9. The Balaban J connectivity index is 1.44. The van der Waals surface area contributed by atoms with Crippen molar-refractivity contribution in [3.8, 4) is 0 Å². The highest BCUT2D eigenvalue weighted by Gasteiger charge is 2.22. The van der Waals surface area contributed by atoms with Crippen molar-refractivity contribution in [2.45, 2.75) is 39.8 Å². The minimum atomic E-state index is -0.305. The van der Waals surface area contributed by atoms with Gasteiger partial charge in [0.2, 0.25) is 0 Å². The molecule has 0 radical (unpaired) electrons. The fourth-order valence-corrected chi connectivity index (χ4v) is 5.17. The summed E-state index contributed by atoms with van der Waals surface area (Å²) in [5.41, 5.74) is 2.78. The molecule has 4 rings (SSSR count). The van der Waals surface area contributed by atoms with Crippen LogP contribution in [0.3, 0.4) is 0 Å². The first-order chi connectivity index (χ1) is 14.9. The number of anilines is 1. The molecule has 0 aliphatic carbocycles. The Labute approximate surface area is 196 Å². The number of carbonyl (C=O) groups excluding carboxylic acids is 1. The lowest BCUT2D eigenvalue weighted by Crippen LogP contribution is -2.33. The molecule has 3 aromatic rings. The highest BCUT2D eigenvalue weighted by atomic mass is 35.5. The Hall–Kier alpha value is -1.93. The molecule has 164 valence electrons. The van der Waals surface area contributed by atoms with Crippen LogP contribution in [-0.2, 0) is 13.1 Å². The van der Waals surface area contributed by atoms with Gasteiger partial charge in [-0.1, -0.05) is 48.3 Å². The van der Waals surface area contributed by atoms with Crippen molar-refractivity contribution < 1.29 is 4.79 Å². The molecule has 1 unspecified atom stereocenters. The number of amides is 1. The summed E-state index contributed by atoms with van der Waals surface area (Å²) in [7, 11) is 0. The van der Waals surface area contributed by atoms with Gasteiger partial charge in [0.1, 0.15) is 5.15 Å². The zero-order valence-corrected chi connectivity index (χ0v) is 19.9. The second kappa shape index (κ2) is 9.69. The van der Waals surface area contributed by atoms with Gasteiger partial charge in [-0.05, 0) is 43.9 Å². The lowest BCUT2D eigenvalue weighted by atomic mass is 10.0. The molecule has 0 bridgehead atoms. The number of rotatable bonds is 6. The number of aromatic nitrogens is 3. The minimum absolute atomic E-state index is 0.286. The van der Waals surface area contributed by atoms with Gasteiger partial charge >= 0.3 is 0 Å². The normalized spacial score (nSPS) is 17.1. The van der Waals surface area contributed by atoms with E-state index in [0.29, 0.717) is 28.0 Å². The largest absolute Gasteiger partial charge is 0.298 e. The molecule has 31 heavy (non-hydrogen) atoms. The number of carbonyl (C=O) groups is 1. The van der Waals surface area contributed by atoms with Crippen molar-refractivity contribution in [1.29, 1.82) is 0 Å². The number of nitrogens with one attached hydrogen (secondary N) is 1. The molecule has 1 aliphatic rings. The van der Waals surface area contributed by atoms with Crippen molar-refractivity contribution in [1.82, 2.24) is 19.7 Å². The molecule has 9 heteroatoms. The molecule has 2 aromatic heterocycles. The number of likely N-dealkylation sites (tertiary alicyclic amines) is 1. The molecular weight excluding hydrogens is 453 g/mol. The van der Waals surface area contributed by atoms with Crippen LogP contribution in [-0.4, -0.2) is 38.7 Å². The SMILES string of the molecule is Cc1nn(Cc2ccccc2Cl)c(Cl)c1C(=O)Nc1nc(CN2CCCC(C)C2)cs1. The summed E-state index contributed by atoms with van der Waals surface area (Å²) >= 11 is 14.2. The van der Waals surface area contributed by atoms with Gasteiger partial charge in [-0.25, -0.2) is 9.67 Å². The number of thiazole rings is 1. The molecule has 0 saturated carbocycles. The van der Waals surface area contributed by atoms with Gasteiger partial charge in [-0.15, -0.1) is 11.3 Å². The summed E-state index contributed by atoms with van der Waals surface area (Å²) < 4.78 is 1.60. The van der Waals surface area contributed by atoms with Crippen molar-refractivity contribution in [3.63, 3.8) is 0 Å². The molecule has 1 aromatic carbocycles. The zero-order chi connectivity index (χ0) is 22.0. The Morgan fingerprint density at radius 2 is 2.10 bits per heavy atom. The number of hydrogen-bond acceptors (Lipinski definition) is 5. The Bertz CT molecular complexity index is 1080. The van der Waals surface area contributed by atoms with E-state index in [1.54, 1.807) is 11.6 Å². The molecule has 1 fully saturated rings. The van der Waals surface area contributed by atoms with Crippen LogP contribution in [0.25, 0.3) is 0 Å². The molecule has 1 saturated heterocycles. The van der Waals surface area contributed by atoms with E-state index in [1.807, 2.05) is 29.6 Å². The molecule has 1 N–H and O–H groups in total. The van der Waals surface area contributed by atoms with Crippen LogP contribution in [0, 0.1) is 12.8 Å². The van der Waals surface area contributed by atoms with E-state index in [2.05, 4.69) is 27.2 Å². The van der Waals surface area contributed by atoms with E-state index in [-0.39, 0.29) is 11.1 Å². The van der Waals surface area contributed by atoms with Crippen LogP contribution in [0.15, 0.2) is 29.6 Å². The summed E-state index contributed by atoms with van der Waals surface area (Å²) in [6, 6.07) is 7.51. The standard InChI is InChI=1S/C22H25Cl2N5OS/c1-14-6-5-9-28(10-14)12-17-13-31-22(25-17)26-21(30)19-15(2)27-29(20(19)24)11-16-7-3-4-8-18(16)23/h3-4,7-8,13-14H,5-6,9-12H2,1-2H3,(H,25,26,30). The van der Waals surface area contributed by atoms with E-state index in [1.165, 1.54) is 24.2 Å². The van der Waals surface area contributed by atoms with Crippen molar-refractivity contribution >= 4 is 45.6 Å². The second-order valence-corrected chi connectivity index (χ2v) is 9.70. The van der Waals surface area contributed by atoms with Gasteiger partial charge in [-0.3, -0.25) is 15.0 Å². The summed E-state index contributed by atoms with van der Waals surface area (Å²) in [4.78, 5) is 19.9. The topological polar surface area (TPSA) is 63.1 Å². The number of nitrogens with zero attached hydrogens (tertiary/aromatic N) is 4. The average molecular weight is 478 g/mol. The van der Waals surface area contributed by atoms with Crippen molar-refractivity contribution in [2.75, 3.05) is 18.4 Å². The molecule has 3 heterocycles. The number of hydrogen-bond donors (Lipinski definition) is 1. The predicted molar refractivity (Wildman–Crippen MR) is 126 cm³/mol. The minimum Gasteiger partial charge on any atom is -0.298 e. The third-order valence-corrected chi connectivity index (χ3v) is 7.03. The van der Waals surface area contributed by atoms with Gasteiger partial charge in [0, 0.05) is 23.5 Å². The first-order valence-corrected chi connectivity index (χ1v) is 12.0. The maximum Gasteiger partial charge on any atom is 0.262 e. The van der Waals surface area contributed by atoms with Crippen LogP contribution in [0.4, 0.5) is 5.13 Å². The molecular formula is C22H25Cl2N5OS. The van der Waals surface area contributed by atoms with Crippen LogP contribution >= 0.6 is 34.5 Å². The molecule has 1 atom stereocenters. The molecule has 0 spiro atoms. The highest BCUT2D eigenvalue weighted by Crippen LogP contribution is 2.26. The summed E-state index contributed by atoms with van der Waals surface area (Å²) in [6.45, 7) is 7.46. The Morgan fingerprint density at radius 1 is 1.29 bits per heavy atom. The first-order valence-electron chi connectivity index (χ1n) is 10.3. The lowest BCUT2D eigenvalue weighted by Gasteiger charge is -2.30. The predicted octanol–water partition coefficient (Wildman–Crippen LogP) is 5.49. The fourth-order valence-electron chi connectivity index (χ4n) is 3.96. The van der Waals surface area contributed by atoms with E-state index in [0.717, 1.165) is 36.8 Å². The zero-order valence-electron chi connectivity index (χ0n) is 17.6. The van der Waals surface area contributed by atoms with E-state index in [4.69, 9.17) is 23.2 Å². The summed E-state index contributed by atoms with van der Waals surface area (Å²) in [5, 5.41) is 10.8. The van der Waals surface area contributed by atoms with E-state index in [9.17, 15) is 4.79 Å². The molecule has 1 amide bonds. The van der Waals surface area contributed by atoms with Crippen molar-refractivity contribution in [2.24, 2.45) is 5.92 Å². The first kappa shape index (κ1) is 22.3. The number of aryl methyl sites for hydroxylation is 1. The van der Waals surface area contributed by atoms with Crippen LogP contribution in [0.2, 0.25) is 10.2 Å². The van der Waals surface area contributed by atoms with Gasteiger partial charge in [-0.2, -0.15) is 5.10 Å². The van der Waals surface area contributed by atoms with Gasteiger partial charge in [0.15, 0.2) is 5.13 Å². The third kappa shape index (κ3) is 5.29. The van der Waals surface area contributed by atoms with Gasteiger partial charge < -0.3 is 0 Å². The van der Waals surface area contributed by atoms with Crippen LogP contribution < -0.4 is 5.32 Å². The van der Waals surface area contributed by atoms with Crippen LogP contribution in [0.1, 0.15) is 47.1 Å². The maximum atomic E-state index is 12.9. The third-order valence-electron chi connectivity index (χ3n) is 5.47. The number of benzene rings is 1. The smallest absolute Gasteiger partial charge is 0.262 e. The van der Waals surface area contributed by atoms with Crippen LogP contribution in [0.5, 0.6) is 0 Å². The van der Waals surface area contributed by atoms with E-state index >= 15 is 0 Å². The van der Waals surface area contributed by atoms with E-state index < -0.39 is 0 Å². The summed E-state index contributed by atoms with van der Waals surface area (Å²) in [6.07, 6.45) is 2.52. The Kier molecular flexibility index (Phi) is 6.96. The average Bonchev–Trinajstić information content (AvgIpc) is 3.27. The summed E-state index contributed by atoms with van der Waals surface area (Å²) in [5.74, 6) is 0.416. The fraction of sp³-hybridized carbons (Fsp3) is 0.409. The molecule has 6 nitrogen and oxygen atoms in total.